The van der Waals surface area contributed by atoms with E-state index in [-0.39, 0.29) is 12.8 Å². The van der Waals surface area contributed by atoms with Crippen molar-refractivity contribution in [3.63, 3.8) is 0 Å². The predicted molar refractivity (Wildman–Crippen MR) is 168 cm³/mol. The molecule has 6 aromatic rings. The van der Waals surface area contributed by atoms with Crippen LogP contribution in [0.5, 0.6) is 0 Å². The van der Waals surface area contributed by atoms with Crippen LogP contribution in [0.4, 0.5) is 0 Å². The van der Waals surface area contributed by atoms with Crippen LogP contribution in [0.15, 0.2) is 97.1 Å². The fraction of sp³-hybridized carbons (Fsp3) is 0.0556. The first-order valence-electron chi connectivity index (χ1n) is 14.2. The van der Waals surface area contributed by atoms with Gasteiger partial charge in [-0.1, -0.05) is 48.5 Å². The van der Waals surface area contributed by atoms with Gasteiger partial charge in [0.05, 0.1) is 12.8 Å². The number of carboxylic acid groups (broad SMARTS) is 2. The third kappa shape index (κ3) is 5.20. The molecule has 1 aliphatic rings. The van der Waals surface area contributed by atoms with Gasteiger partial charge in [0.25, 0.3) is 0 Å². The second-order valence-electron chi connectivity index (χ2n) is 10.8. The van der Waals surface area contributed by atoms with Crippen LogP contribution in [0, 0.1) is 0 Å². The molecule has 44 heavy (non-hydrogen) atoms. The highest BCUT2D eigenvalue weighted by atomic mass is 16.4. The number of aromatic amines is 4. The van der Waals surface area contributed by atoms with Crippen LogP contribution in [0.1, 0.15) is 45.0 Å². The molecule has 0 radical (unpaired) electrons. The van der Waals surface area contributed by atoms with Gasteiger partial charge in [-0.15, -0.1) is 0 Å². The summed E-state index contributed by atoms with van der Waals surface area (Å²) in [5.41, 5.74) is 8.28. The third-order valence-electron chi connectivity index (χ3n) is 7.79. The molecule has 4 aromatic heterocycles. The Bertz CT molecular complexity index is 2150. The van der Waals surface area contributed by atoms with E-state index in [1.54, 1.807) is 0 Å². The van der Waals surface area contributed by atoms with Crippen molar-refractivity contribution in [3.8, 4) is 0 Å². The van der Waals surface area contributed by atoms with E-state index in [1.165, 1.54) is 0 Å². The maximum atomic E-state index is 11.7. The summed E-state index contributed by atoms with van der Waals surface area (Å²) in [6.07, 6.45) is 3.83. The molecule has 2 aromatic carbocycles. The number of aliphatic carboxylic acids is 2. The fourth-order valence-corrected chi connectivity index (χ4v) is 5.94. The third-order valence-corrected chi connectivity index (χ3v) is 7.79. The highest BCUT2D eigenvalue weighted by Gasteiger charge is 2.17. The molecule has 5 heterocycles. The molecule has 0 saturated carbocycles. The first-order chi connectivity index (χ1) is 21.4. The van der Waals surface area contributed by atoms with Gasteiger partial charge >= 0.3 is 11.9 Å². The standard InChI is InChI=1S/C36H28N4O4/c41-33(42)17-21-5-1-3-7-27(21)35-29-13-9-23(37-29)19-25-11-15-31(39-25)36(28-8-4-2-6-22(28)18-34(43)44)32-16-12-26(40-32)20-24-10-14-30(35)38-24/h1-16,19-20,37-40H,17-18H2,(H,41,42)(H,43,44). The van der Waals surface area contributed by atoms with E-state index < -0.39 is 11.9 Å². The van der Waals surface area contributed by atoms with Crippen LogP contribution in [0.25, 0.3) is 23.3 Å². The molecule has 7 rings (SSSR count). The first kappa shape index (κ1) is 26.9. The van der Waals surface area contributed by atoms with Gasteiger partial charge in [-0.2, -0.15) is 0 Å². The lowest BCUT2D eigenvalue weighted by molar-refractivity contribution is -0.137. The van der Waals surface area contributed by atoms with Gasteiger partial charge in [-0.25, -0.2) is 0 Å². The number of H-pyrrole nitrogens is 4. The zero-order valence-electron chi connectivity index (χ0n) is 23.5. The number of hydrogen-bond donors (Lipinski definition) is 6. The zero-order chi connectivity index (χ0) is 30.2. The topological polar surface area (TPSA) is 138 Å². The highest BCUT2D eigenvalue weighted by molar-refractivity contribution is 5.83. The minimum absolute atomic E-state index is 0.0933. The Kier molecular flexibility index (Phi) is 6.71. The molecule has 6 N–H and O–H groups in total. The number of fused-ring (bicyclic) bond motifs is 8. The SMILES string of the molecule is O=C(O)Cc1ccccc1C1=c2ccc([nH]2)=Cc2ccc([nH]2)C(c2ccccc2CC(=O)O)=c2ccc([nH]2)=Cc2ccc1[nH]2. The van der Waals surface area contributed by atoms with Gasteiger partial charge in [0.15, 0.2) is 0 Å². The highest BCUT2D eigenvalue weighted by Crippen LogP contribution is 2.26. The van der Waals surface area contributed by atoms with Crippen LogP contribution in [0.3, 0.4) is 0 Å². The van der Waals surface area contributed by atoms with Gasteiger partial charge in [0.1, 0.15) is 0 Å². The van der Waals surface area contributed by atoms with E-state index in [0.717, 1.165) is 77.6 Å². The summed E-state index contributed by atoms with van der Waals surface area (Å²) in [6.45, 7) is 0. The summed E-state index contributed by atoms with van der Waals surface area (Å²) in [6, 6.07) is 31.1. The molecular weight excluding hydrogens is 552 g/mol. The van der Waals surface area contributed by atoms with Crippen molar-refractivity contribution in [1.82, 2.24) is 19.9 Å². The molecule has 0 aliphatic carbocycles. The lowest BCUT2D eigenvalue weighted by atomic mass is 9.95. The molecule has 0 amide bonds. The number of nitrogens with one attached hydrogen (secondary N) is 4. The Hall–Kier alpha value is -6.02. The molecular formula is C36H28N4O4. The fourth-order valence-electron chi connectivity index (χ4n) is 5.94. The molecule has 1 aliphatic heterocycles. The summed E-state index contributed by atoms with van der Waals surface area (Å²) in [5, 5.41) is 22.6. The number of aromatic nitrogens is 4. The quantitative estimate of drug-likeness (QED) is 0.180. The van der Waals surface area contributed by atoms with E-state index in [0.29, 0.717) is 0 Å². The van der Waals surface area contributed by atoms with E-state index in [2.05, 4.69) is 19.9 Å². The van der Waals surface area contributed by atoms with Crippen molar-refractivity contribution >= 4 is 35.2 Å². The Morgan fingerprint density at radius 1 is 0.500 bits per heavy atom. The summed E-state index contributed by atoms with van der Waals surface area (Å²) in [5.74, 6) is -1.78. The summed E-state index contributed by atoms with van der Waals surface area (Å²) < 4.78 is 0. The molecule has 0 spiro atoms. The van der Waals surface area contributed by atoms with Crippen molar-refractivity contribution in [3.05, 3.63) is 163 Å². The summed E-state index contributed by atoms with van der Waals surface area (Å²) in [4.78, 5) is 37.6. The first-order valence-corrected chi connectivity index (χ1v) is 14.2. The average Bonchev–Trinajstić information content (AvgIpc) is 3.81. The Labute approximate surface area is 251 Å². The molecule has 0 saturated heterocycles. The van der Waals surface area contributed by atoms with Gasteiger partial charge in [0.2, 0.25) is 0 Å². The monoisotopic (exact) mass is 580 g/mol. The Morgan fingerprint density at radius 3 is 1.36 bits per heavy atom. The van der Waals surface area contributed by atoms with Crippen LogP contribution < -0.4 is 21.4 Å². The maximum absolute atomic E-state index is 11.7. The predicted octanol–water partition coefficient (Wildman–Crippen LogP) is 2.72. The zero-order valence-corrected chi connectivity index (χ0v) is 23.5. The molecule has 8 heteroatoms. The molecule has 0 atom stereocenters. The number of benzene rings is 2. The Balaban J connectivity index is 1.50. The number of carboxylic acids is 2. The van der Waals surface area contributed by atoms with Crippen molar-refractivity contribution < 1.29 is 19.8 Å². The van der Waals surface area contributed by atoms with Crippen molar-refractivity contribution in [2.45, 2.75) is 12.8 Å². The number of hydrogen-bond acceptors (Lipinski definition) is 2. The lowest BCUT2D eigenvalue weighted by Gasteiger charge is -2.11. The summed E-state index contributed by atoms with van der Waals surface area (Å²) >= 11 is 0. The van der Waals surface area contributed by atoms with E-state index in [9.17, 15) is 19.8 Å². The normalized spacial score (nSPS) is 12.5. The van der Waals surface area contributed by atoms with Gasteiger partial charge in [-0.3, -0.25) is 9.59 Å². The van der Waals surface area contributed by atoms with E-state index >= 15 is 0 Å². The van der Waals surface area contributed by atoms with Gasteiger partial charge < -0.3 is 30.1 Å². The van der Waals surface area contributed by atoms with Crippen LogP contribution >= 0.6 is 0 Å². The van der Waals surface area contributed by atoms with Crippen molar-refractivity contribution in [1.29, 1.82) is 0 Å². The minimum atomic E-state index is -0.890. The second-order valence-corrected chi connectivity index (χ2v) is 10.8. The minimum Gasteiger partial charge on any atom is -0.481 e. The molecule has 0 unspecified atom stereocenters. The smallest absolute Gasteiger partial charge is 0.307 e. The molecule has 216 valence electrons. The largest absolute Gasteiger partial charge is 0.481 e. The molecule has 0 fully saturated rings. The van der Waals surface area contributed by atoms with Crippen molar-refractivity contribution in [2.75, 3.05) is 0 Å². The van der Waals surface area contributed by atoms with Crippen LogP contribution in [-0.2, 0) is 22.4 Å². The van der Waals surface area contributed by atoms with E-state index in [1.807, 2.05) is 109 Å². The van der Waals surface area contributed by atoms with Crippen LogP contribution in [-0.4, -0.2) is 42.1 Å². The summed E-state index contributed by atoms with van der Waals surface area (Å²) in [7, 11) is 0. The second kappa shape index (κ2) is 11.0. The van der Waals surface area contributed by atoms with Gasteiger partial charge in [0, 0.05) is 55.3 Å². The number of rotatable bonds is 6. The van der Waals surface area contributed by atoms with E-state index in [4.69, 9.17) is 0 Å². The van der Waals surface area contributed by atoms with Gasteiger partial charge in [-0.05, 0) is 82.9 Å². The Morgan fingerprint density at radius 2 is 0.932 bits per heavy atom. The molecule has 8 bridgehead atoms. The molecule has 8 nitrogen and oxygen atoms in total. The number of carbonyl (C=O) groups is 2. The average molecular weight is 581 g/mol. The maximum Gasteiger partial charge on any atom is 0.307 e. The van der Waals surface area contributed by atoms with Crippen molar-refractivity contribution in [2.24, 2.45) is 0 Å². The van der Waals surface area contributed by atoms with Crippen LogP contribution in [0.2, 0.25) is 0 Å². The lowest BCUT2D eigenvalue weighted by Crippen LogP contribution is -2.17.